The molecule has 5 nitrogen and oxygen atoms in total. The maximum absolute atomic E-state index is 9.00. The summed E-state index contributed by atoms with van der Waals surface area (Å²) in [7, 11) is 7.83. The number of likely N-dealkylation sites (tertiary alicyclic amines) is 2. The van der Waals surface area contributed by atoms with E-state index in [0.717, 1.165) is 32.0 Å². The predicted molar refractivity (Wildman–Crippen MR) is 82.4 cm³/mol. The lowest BCUT2D eigenvalue weighted by atomic mass is 10.1. The highest BCUT2D eigenvalue weighted by Crippen LogP contribution is 2.07. The van der Waals surface area contributed by atoms with Crippen molar-refractivity contribution >= 4 is 0 Å². The first-order valence-corrected chi connectivity index (χ1v) is 7.42. The number of nitrogens with two attached hydrogens (primary N) is 1. The smallest absolute Gasteiger partial charge is 0.0564 e. The molecule has 0 amide bonds. The summed E-state index contributed by atoms with van der Waals surface area (Å²) in [6, 6.07) is 0.779. The minimum Gasteiger partial charge on any atom is -0.393 e. The largest absolute Gasteiger partial charge is 0.393 e. The normalized spacial score (nSPS) is 23.1. The Morgan fingerprint density at radius 2 is 1.26 bits per heavy atom. The maximum Gasteiger partial charge on any atom is 0.0564 e. The summed E-state index contributed by atoms with van der Waals surface area (Å²) in [6.45, 7) is 4.62. The zero-order chi connectivity index (χ0) is 14.7. The molecule has 0 unspecified atom stereocenters. The van der Waals surface area contributed by atoms with E-state index in [4.69, 9.17) is 5.11 Å². The summed E-state index contributed by atoms with van der Waals surface area (Å²) in [5.41, 5.74) is 4.50. The van der Waals surface area contributed by atoms with Crippen LogP contribution in [0.4, 0.5) is 0 Å². The summed E-state index contributed by atoms with van der Waals surface area (Å²) in [4.78, 5) is 4.63. The van der Waals surface area contributed by atoms with Crippen LogP contribution < -0.4 is 11.1 Å². The van der Waals surface area contributed by atoms with Crippen molar-refractivity contribution in [3.05, 3.63) is 0 Å². The highest BCUT2D eigenvalue weighted by Gasteiger charge is 2.13. The van der Waals surface area contributed by atoms with Gasteiger partial charge in [-0.3, -0.25) is 0 Å². The van der Waals surface area contributed by atoms with E-state index in [1.54, 1.807) is 0 Å². The molecule has 0 aromatic carbocycles. The molecule has 116 valence electrons. The van der Waals surface area contributed by atoms with Crippen molar-refractivity contribution in [3.8, 4) is 0 Å². The fourth-order valence-electron chi connectivity index (χ4n) is 2.29. The Morgan fingerprint density at radius 1 is 0.895 bits per heavy atom. The summed E-state index contributed by atoms with van der Waals surface area (Å²) in [5.74, 6) is 0. The number of nitrogens with zero attached hydrogens (tertiary/aromatic N) is 2. The van der Waals surface area contributed by atoms with Crippen LogP contribution in [0.15, 0.2) is 0 Å². The summed E-state index contributed by atoms with van der Waals surface area (Å²) < 4.78 is 0. The lowest BCUT2D eigenvalue weighted by Gasteiger charge is -2.28. The lowest BCUT2D eigenvalue weighted by Crippen LogP contribution is -2.39. The van der Waals surface area contributed by atoms with E-state index in [1.165, 1.54) is 33.0 Å². The Kier molecular flexibility index (Phi) is 11.5. The molecule has 0 atom stereocenters. The SMILES string of the molecule is CN.CN1CCC(O)CC1.CNC1CCN(C)CC1. The second-order valence-electron chi connectivity index (χ2n) is 5.40. The third kappa shape index (κ3) is 9.35. The number of aliphatic hydroxyl groups is 1. The molecule has 0 bridgehead atoms. The van der Waals surface area contributed by atoms with Gasteiger partial charge >= 0.3 is 0 Å². The fraction of sp³-hybridized carbons (Fsp3) is 1.00. The first-order valence-electron chi connectivity index (χ1n) is 7.42. The molecular weight excluding hydrogens is 240 g/mol. The van der Waals surface area contributed by atoms with Gasteiger partial charge in [0.2, 0.25) is 0 Å². The standard InChI is InChI=1S/C7H16N2.C6H13NO.CH5N/c1-8-7-3-5-9(2)6-4-7;1-7-4-2-6(8)3-5-7;1-2/h7-8H,3-6H2,1-2H3;6,8H,2-5H2,1H3;2H2,1H3. The Hall–Kier alpha value is -0.200. The molecule has 4 N–H and O–H groups in total. The third-order valence-electron chi connectivity index (χ3n) is 3.81. The molecule has 5 heteroatoms. The van der Waals surface area contributed by atoms with E-state index in [-0.39, 0.29) is 6.10 Å². The Bertz CT molecular complexity index is 178. The van der Waals surface area contributed by atoms with Crippen LogP contribution in [0.25, 0.3) is 0 Å². The number of hydrogen-bond acceptors (Lipinski definition) is 5. The molecule has 2 fully saturated rings. The van der Waals surface area contributed by atoms with Gasteiger partial charge in [-0.15, -0.1) is 0 Å². The van der Waals surface area contributed by atoms with E-state index in [1.807, 2.05) is 0 Å². The first kappa shape index (κ1) is 18.8. The minimum atomic E-state index is -0.0220. The zero-order valence-corrected chi connectivity index (χ0v) is 13.2. The van der Waals surface area contributed by atoms with Gasteiger partial charge in [0.15, 0.2) is 0 Å². The summed E-state index contributed by atoms with van der Waals surface area (Å²) in [5, 5.41) is 12.3. The summed E-state index contributed by atoms with van der Waals surface area (Å²) >= 11 is 0. The molecule has 2 aliphatic rings. The Morgan fingerprint density at radius 3 is 1.58 bits per heavy atom. The van der Waals surface area contributed by atoms with E-state index >= 15 is 0 Å². The van der Waals surface area contributed by atoms with Crippen LogP contribution in [0.5, 0.6) is 0 Å². The number of nitrogens with one attached hydrogen (secondary N) is 1. The van der Waals surface area contributed by atoms with Gasteiger partial charge < -0.3 is 26.0 Å². The van der Waals surface area contributed by atoms with Crippen molar-refractivity contribution < 1.29 is 5.11 Å². The molecule has 2 aliphatic heterocycles. The van der Waals surface area contributed by atoms with Crippen molar-refractivity contribution in [1.82, 2.24) is 15.1 Å². The van der Waals surface area contributed by atoms with Crippen molar-refractivity contribution in [1.29, 1.82) is 0 Å². The van der Waals surface area contributed by atoms with Crippen molar-refractivity contribution in [2.24, 2.45) is 5.73 Å². The Labute approximate surface area is 119 Å². The van der Waals surface area contributed by atoms with Crippen LogP contribution >= 0.6 is 0 Å². The monoisotopic (exact) mass is 274 g/mol. The minimum absolute atomic E-state index is 0.0220. The topological polar surface area (TPSA) is 64.8 Å². The van der Waals surface area contributed by atoms with Crippen LogP contribution in [-0.2, 0) is 0 Å². The molecule has 0 radical (unpaired) electrons. The average molecular weight is 274 g/mol. The quantitative estimate of drug-likeness (QED) is 0.626. The fourth-order valence-corrected chi connectivity index (χ4v) is 2.29. The molecular formula is C14H34N4O. The Balaban J connectivity index is 0.000000303. The molecule has 2 saturated heterocycles. The van der Waals surface area contributed by atoms with Crippen LogP contribution in [0.1, 0.15) is 25.7 Å². The second-order valence-corrected chi connectivity index (χ2v) is 5.40. The highest BCUT2D eigenvalue weighted by atomic mass is 16.3. The number of hydrogen-bond donors (Lipinski definition) is 3. The molecule has 2 heterocycles. The number of rotatable bonds is 1. The molecule has 0 spiro atoms. The van der Waals surface area contributed by atoms with Gasteiger partial charge in [-0.2, -0.15) is 0 Å². The molecule has 19 heavy (non-hydrogen) atoms. The van der Waals surface area contributed by atoms with Crippen LogP contribution in [0, 0.1) is 0 Å². The van der Waals surface area contributed by atoms with Gasteiger partial charge in [0, 0.05) is 19.1 Å². The van der Waals surface area contributed by atoms with Crippen molar-refractivity contribution in [2.75, 3.05) is 54.4 Å². The second kappa shape index (κ2) is 11.6. The first-order chi connectivity index (χ1) is 9.11. The van der Waals surface area contributed by atoms with Gasteiger partial charge in [-0.1, -0.05) is 0 Å². The molecule has 0 aromatic rings. The lowest BCUT2D eigenvalue weighted by molar-refractivity contribution is 0.0943. The third-order valence-corrected chi connectivity index (χ3v) is 3.81. The van der Waals surface area contributed by atoms with E-state index < -0.39 is 0 Å². The molecule has 0 saturated carbocycles. The molecule has 0 aliphatic carbocycles. The zero-order valence-electron chi connectivity index (χ0n) is 13.2. The molecule has 2 rings (SSSR count). The number of aliphatic hydroxyl groups excluding tert-OH is 1. The number of piperidine rings is 2. The van der Waals surface area contributed by atoms with Gasteiger partial charge in [-0.05, 0) is 67.0 Å². The molecule has 0 aromatic heterocycles. The van der Waals surface area contributed by atoms with E-state index in [9.17, 15) is 0 Å². The highest BCUT2D eigenvalue weighted by molar-refractivity contribution is 4.73. The van der Waals surface area contributed by atoms with Crippen LogP contribution in [0.2, 0.25) is 0 Å². The van der Waals surface area contributed by atoms with Gasteiger partial charge in [0.05, 0.1) is 6.10 Å². The van der Waals surface area contributed by atoms with E-state index in [2.05, 4.69) is 42.0 Å². The van der Waals surface area contributed by atoms with Gasteiger partial charge in [-0.25, -0.2) is 0 Å². The summed E-state index contributed by atoms with van der Waals surface area (Å²) in [6.07, 6.45) is 4.51. The maximum atomic E-state index is 9.00. The predicted octanol–water partition coefficient (Wildman–Crippen LogP) is -0.0522. The van der Waals surface area contributed by atoms with Crippen molar-refractivity contribution in [2.45, 2.75) is 37.8 Å². The van der Waals surface area contributed by atoms with E-state index in [0.29, 0.717) is 0 Å². The van der Waals surface area contributed by atoms with Crippen molar-refractivity contribution in [3.63, 3.8) is 0 Å². The van der Waals surface area contributed by atoms with Gasteiger partial charge in [0.25, 0.3) is 0 Å². The van der Waals surface area contributed by atoms with Crippen LogP contribution in [0.3, 0.4) is 0 Å². The van der Waals surface area contributed by atoms with Gasteiger partial charge in [0.1, 0.15) is 0 Å². The van der Waals surface area contributed by atoms with Crippen LogP contribution in [-0.4, -0.2) is 81.4 Å². The average Bonchev–Trinajstić information content (AvgIpc) is 2.46.